The highest BCUT2D eigenvalue weighted by Crippen LogP contribution is 2.33. The van der Waals surface area contributed by atoms with Crippen LogP contribution in [0.15, 0.2) is 0 Å². The lowest BCUT2D eigenvalue weighted by Gasteiger charge is -2.39. The van der Waals surface area contributed by atoms with Crippen molar-refractivity contribution < 1.29 is 9.59 Å². The van der Waals surface area contributed by atoms with E-state index in [0.29, 0.717) is 24.4 Å². The first kappa shape index (κ1) is 19.5. The van der Waals surface area contributed by atoms with Gasteiger partial charge in [-0.3, -0.25) is 9.59 Å². The Hall–Kier alpha value is -0.810. The smallest absolute Gasteiger partial charge is 0.227 e. The fourth-order valence-electron chi connectivity index (χ4n) is 4.03. The highest BCUT2D eigenvalue weighted by Gasteiger charge is 2.38. The molecule has 3 rings (SSSR count). The van der Waals surface area contributed by atoms with Crippen molar-refractivity contribution in [3.63, 3.8) is 0 Å². The van der Waals surface area contributed by atoms with Crippen molar-refractivity contribution in [2.75, 3.05) is 32.7 Å². The van der Waals surface area contributed by atoms with Gasteiger partial charge in [-0.25, -0.2) is 0 Å². The number of nitrogens with zero attached hydrogens (tertiary/aromatic N) is 2. The second-order valence-corrected chi connectivity index (χ2v) is 7.41. The number of carbonyl (C=O) groups excluding carboxylic acids is 2. The average molecular weight is 358 g/mol. The zero-order chi connectivity index (χ0) is 16.2. The van der Waals surface area contributed by atoms with Gasteiger partial charge in [-0.2, -0.15) is 0 Å². The van der Waals surface area contributed by atoms with Gasteiger partial charge in [0, 0.05) is 31.6 Å². The van der Waals surface area contributed by atoms with Gasteiger partial charge in [0.25, 0.3) is 0 Å². The van der Waals surface area contributed by atoms with E-state index in [2.05, 4.69) is 17.1 Å². The predicted octanol–water partition coefficient (Wildman–Crippen LogP) is 2.05. The summed E-state index contributed by atoms with van der Waals surface area (Å²) >= 11 is 0. The third-order valence-electron chi connectivity index (χ3n) is 5.51. The van der Waals surface area contributed by atoms with Gasteiger partial charge in [0.1, 0.15) is 0 Å². The summed E-state index contributed by atoms with van der Waals surface area (Å²) in [4.78, 5) is 29.5. The largest absolute Gasteiger partial charge is 0.342 e. The van der Waals surface area contributed by atoms with Crippen LogP contribution >= 0.6 is 12.4 Å². The number of hydrogen-bond donors (Lipinski definition) is 1. The molecule has 3 fully saturated rings. The van der Waals surface area contributed by atoms with Gasteiger partial charge in [0.05, 0.1) is 5.92 Å². The van der Waals surface area contributed by atoms with Crippen LogP contribution in [0.5, 0.6) is 0 Å². The molecular formula is C18H32ClN3O2. The number of piperidine rings is 2. The van der Waals surface area contributed by atoms with Crippen molar-refractivity contribution in [2.45, 2.75) is 57.9 Å². The van der Waals surface area contributed by atoms with Gasteiger partial charge in [-0.15, -0.1) is 12.4 Å². The topological polar surface area (TPSA) is 52.7 Å². The fourth-order valence-corrected chi connectivity index (χ4v) is 4.03. The Morgan fingerprint density at radius 1 is 1.08 bits per heavy atom. The number of halogens is 1. The molecule has 138 valence electrons. The number of rotatable bonds is 5. The number of carbonyl (C=O) groups is 2. The molecular weight excluding hydrogens is 326 g/mol. The third-order valence-corrected chi connectivity index (χ3v) is 5.51. The van der Waals surface area contributed by atoms with E-state index in [0.717, 1.165) is 71.1 Å². The van der Waals surface area contributed by atoms with Crippen molar-refractivity contribution in [1.82, 2.24) is 15.1 Å². The maximum Gasteiger partial charge on any atom is 0.227 e. The number of likely N-dealkylation sites (tertiary alicyclic amines) is 1. The summed E-state index contributed by atoms with van der Waals surface area (Å²) in [5, 5.41) is 3.38. The lowest BCUT2D eigenvalue weighted by molar-refractivity contribution is -0.143. The summed E-state index contributed by atoms with van der Waals surface area (Å²) in [5.74, 6) is 0.881. The molecule has 1 N–H and O–H groups in total. The highest BCUT2D eigenvalue weighted by molar-refractivity contribution is 5.85. The molecule has 2 heterocycles. The molecule has 2 amide bonds. The van der Waals surface area contributed by atoms with E-state index in [1.807, 2.05) is 4.90 Å². The van der Waals surface area contributed by atoms with Gasteiger partial charge in [-0.05, 0) is 58.0 Å². The van der Waals surface area contributed by atoms with E-state index in [9.17, 15) is 9.59 Å². The van der Waals surface area contributed by atoms with Crippen LogP contribution in [0.1, 0.15) is 51.9 Å². The van der Waals surface area contributed by atoms with Crippen LogP contribution in [0, 0.1) is 11.8 Å². The first-order valence-electron chi connectivity index (χ1n) is 9.50. The molecule has 0 radical (unpaired) electrons. The van der Waals surface area contributed by atoms with Crippen LogP contribution < -0.4 is 5.32 Å². The molecule has 0 aromatic rings. The van der Waals surface area contributed by atoms with Crippen molar-refractivity contribution in [3.05, 3.63) is 0 Å². The zero-order valence-electron chi connectivity index (χ0n) is 14.8. The Morgan fingerprint density at radius 3 is 2.42 bits per heavy atom. The molecule has 0 aromatic heterocycles. The Labute approximate surface area is 151 Å². The summed E-state index contributed by atoms with van der Waals surface area (Å²) in [6, 6.07) is 0.387. The van der Waals surface area contributed by atoms with Crippen molar-refractivity contribution in [1.29, 1.82) is 0 Å². The van der Waals surface area contributed by atoms with Gasteiger partial charge in [0.15, 0.2) is 0 Å². The molecule has 3 aliphatic rings. The lowest BCUT2D eigenvalue weighted by atomic mass is 9.94. The van der Waals surface area contributed by atoms with Crippen LogP contribution in [0.3, 0.4) is 0 Å². The summed E-state index contributed by atoms with van der Waals surface area (Å²) < 4.78 is 0. The van der Waals surface area contributed by atoms with Crippen LogP contribution in [-0.2, 0) is 9.59 Å². The highest BCUT2D eigenvalue weighted by atomic mass is 35.5. The maximum atomic E-state index is 13.1. The molecule has 5 nitrogen and oxygen atoms in total. The van der Waals surface area contributed by atoms with E-state index in [-0.39, 0.29) is 24.2 Å². The van der Waals surface area contributed by atoms with E-state index < -0.39 is 0 Å². The minimum atomic E-state index is 0. The summed E-state index contributed by atoms with van der Waals surface area (Å²) in [5.41, 5.74) is 0. The average Bonchev–Trinajstić information content (AvgIpc) is 3.44. The molecule has 0 aromatic carbocycles. The Bertz CT molecular complexity index is 436. The van der Waals surface area contributed by atoms with Crippen LogP contribution in [0.25, 0.3) is 0 Å². The molecule has 1 unspecified atom stereocenters. The van der Waals surface area contributed by atoms with Crippen LogP contribution in [0.4, 0.5) is 0 Å². The number of nitrogens with one attached hydrogen (secondary N) is 1. The van der Waals surface area contributed by atoms with Crippen LogP contribution in [0.2, 0.25) is 0 Å². The monoisotopic (exact) mass is 357 g/mol. The molecule has 1 saturated carbocycles. The quantitative estimate of drug-likeness (QED) is 0.819. The first-order valence-corrected chi connectivity index (χ1v) is 9.50. The lowest BCUT2D eigenvalue weighted by Crippen LogP contribution is -2.52. The molecule has 0 spiro atoms. The first-order chi connectivity index (χ1) is 11.2. The Balaban J connectivity index is 0.00000208. The minimum absolute atomic E-state index is 0. The molecule has 1 aliphatic carbocycles. The number of amides is 2. The van der Waals surface area contributed by atoms with E-state index in [4.69, 9.17) is 0 Å². The summed E-state index contributed by atoms with van der Waals surface area (Å²) in [6.07, 6.45) is 7.13. The second-order valence-electron chi connectivity index (χ2n) is 7.41. The van der Waals surface area contributed by atoms with E-state index in [1.165, 1.54) is 0 Å². The third kappa shape index (κ3) is 4.63. The van der Waals surface area contributed by atoms with Gasteiger partial charge in [0.2, 0.25) is 11.8 Å². The maximum absolute atomic E-state index is 13.1. The summed E-state index contributed by atoms with van der Waals surface area (Å²) in [7, 11) is 0. The molecule has 1 atom stereocenters. The van der Waals surface area contributed by atoms with Gasteiger partial charge >= 0.3 is 0 Å². The predicted molar refractivity (Wildman–Crippen MR) is 97.2 cm³/mol. The van der Waals surface area contributed by atoms with Crippen molar-refractivity contribution in [2.24, 2.45) is 11.8 Å². The molecule has 0 bridgehead atoms. The van der Waals surface area contributed by atoms with Gasteiger partial charge in [-0.1, -0.05) is 6.92 Å². The fraction of sp³-hybridized carbons (Fsp3) is 0.889. The molecule has 2 saturated heterocycles. The number of hydrogen-bond acceptors (Lipinski definition) is 3. The SMILES string of the molecule is CCCN(C(=O)C1CCCN(C(=O)C2CC2)C1)C1CCNCC1.Cl. The normalized spacial score (nSPS) is 25.0. The van der Waals surface area contributed by atoms with E-state index >= 15 is 0 Å². The summed E-state index contributed by atoms with van der Waals surface area (Å²) in [6.45, 7) is 6.52. The van der Waals surface area contributed by atoms with E-state index in [1.54, 1.807) is 0 Å². The van der Waals surface area contributed by atoms with Crippen LogP contribution in [-0.4, -0.2) is 60.4 Å². The zero-order valence-corrected chi connectivity index (χ0v) is 15.7. The minimum Gasteiger partial charge on any atom is -0.342 e. The standard InChI is InChI=1S/C18H31N3O2.ClH/c1-2-11-21(16-7-9-19-10-8-16)18(23)15-4-3-12-20(13-15)17(22)14-5-6-14;/h14-16,19H,2-13H2,1H3;1H. The molecule has 24 heavy (non-hydrogen) atoms. The Kier molecular flexibility index (Phi) is 7.35. The molecule has 6 heteroatoms. The van der Waals surface area contributed by atoms with Crippen molar-refractivity contribution in [3.8, 4) is 0 Å². The van der Waals surface area contributed by atoms with Gasteiger partial charge < -0.3 is 15.1 Å². The molecule has 2 aliphatic heterocycles. The van der Waals surface area contributed by atoms with Crippen molar-refractivity contribution >= 4 is 24.2 Å². The Morgan fingerprint density at radius 2 is 1.79 bits per heavy atom. The second kappa shape index (κ2) is 9.04.